The van der Waals surface area contributed by atoms with Crippen LogP contribution in [-0.4, -0.2) is 28.8 Å². The van der Waals surface area contributed by atoms with Crippen molar-refractivity contribution in [3.63, 3.8) is 0 Å². The van der Waals surface area contributed by atoms with Gasteiger partial charge in [-0.15, -0.1) is 0 Å². The Morgan fingerprint density at radius 3 is 2.00 bits per heavy atom. The summed E-state index contributed by atoms with van der Waals surface area (Å²) in [5.74, 6) is 1.06. The van der Waals surface area contributed by atoms with Gasteiger partial charge >= 0.3 is 0 Å². The van der Waals surface area contributed by atoms with Crippen LogP contribution in [0, 0.1) is 5.92 Å². The molecule has 0 bridgehead atoms. The van der Waals surface area contributed by atoms with Crippen molar-refractivity contribution in [3.8, 4) is 0 Å². The highest BCUT2D eigenvalue weighted by molar-refractivity contribution is 5.95. The molecule has 26 heavy (non-hydrogen) atoms. The lowest BCUT2D eigenvalue weighted by Gasteiger charge is -2.37. The van der Waals surface area contributed by atoms with E-state index < -0.39 is 0 Å². The van der Waals surface area contributed by atoms with Gasteiger partial charge in [0.15, 0.2) is 0 Å². The number of primary amides is 1. The highest BCUT2D eigenvalue weighted by atomic mass is 16.2. The van der Waals surface area contributed by atoms with Crippen molar-refractivity contribution in [2.45, 2.75) is 83.2 Å². The minimum Gasteiger partial charge on any atom is -0.370 e. The predicted molar refractivity (Wildman–Crippen MR) is 104 cm³/mol. The fourth-order valence-corrected chi connectivity index (χ4v) is 4.20. The molecule has 0 saturated heterocycles. The fourth-order valence-electron chi connectivity index (χ4n) is 4.20. The topological polar surface area (TPSA) is 63.4 Å². The Morgan fingerprint density at radius 2 is 1.54 bits per heavy atom. The van der Waals surface area contributed by atoms with E-state index in [4.69, 9.17) is 5.73 Å². The van der Waals surface area contributed by atoms with Gasteiger partial charge in [0.25, 0.3) is 5.91 Å². The maximum atomic E-state index is 13.2. The van der Waals surface area contributed by atoms with Gasteiger partial charge in [0.05, 0.1) is 0 Å². The van der Waals surface area contributed by atoms with Crippen LogP contribution in [0.5, 0.6) is 0 Å². The summed E-state index contributed by atoms with van der Waals surface area (Å²) in [6, 6.07) is 8.94. The molecule has 0 spiro atoms. The molecule has 0 atom stereocenters. The molecule has 2 saturated carbocycles. The Balaban J connectivity index is 1.62. The van der Waals surface area contributed by atoms with E-state index in [2.05, 4.69) is 30.9 Å². The first kappa shape index (κ1) is 18.9. The van der Waals surface area contributed by atoms with Crippen LogP contribution >= 0.6 is 0 Å². The lowest BCUT2D eigenvalue weighted by molar-refractivity contribution is -0.118. The number of amides is 2. The molecular formula is C22H32N2O2. The molecule has 2 amide bonds. The monoisotopic (exact) mass is 356 g/mol. The lowest BCUT2D eigenvalue weighted by atomic mass is 9.82. The third-order valence-corrected chi connectivity index (χ3v) is 6.01. The van der Waals surface area contributed by atoms with Crippen LogP contribution < -0.4 is 5.73 Å². The first-order valence-electron chi connectivity index (χ1n) is 10.2. The van der Waals surface area contributed by atoms with E-state index in [1.807, 2.05) is 12.1 Å². The van der Waals surface area contributed by atoms with Crippen LogP contribution in [0.25, 0.3) is 0 Å². The number of nitrogens with two attached hydrogens (primary N) is 1. The number of benzene rings is 1. The van der Waals surface area contributed by atoms with Gasteiger partial charge in [-0.05, 0) is 74.5 Å². The molecule has 3 rings (SSSR count). The molecule has 2 fully saturated rings. The summed E-state index contributed by atoms with van der Waals surface area (Å²) in [5.41, 5.74) is 7.36. The zero-order valence-electron chi connectivity index (χ0n) is 16.1. The van der Waals surface area contributed by atoms with E-state index >= 15 is 0 Å². The second kappa shape index (κ2) is 8.24. The van der Waals surface area contributed by atoms with E-state index in [1.165, 1.54) is 5.56 Å². The number of hydrogen-bond donors (Lipinski definition) is 1. The second-order valence-corrected chi connectivity index (χ2v) is 8.40. The van der Waals surface area contributed by atoms with Crippen LogP contribution in [0.15, 0.2) is 24.3 Å². The van der Waals surface area contributed by atoms with Gasteiger partial charge in [0.2, 0.25) is 5.91 Å². The number of hydrogen-bond acceptors (Lipinski definition) is 2. The van der Waals surface area contributed by atoms with Crippen LogP contribution in [0.1, 0.15) is 87.1 Å². The van der Waals surface area contributed by atoms with Crippen molar-refractivity contribution in [2.24, 2.45) is 11.7 Å². The van der Waals surface area contributed by atoms with E-state index in [-0.39, 0.29) is 11.8 Å². The summed E-state index contributed by atoms with van der Waals surface area (Å²) in [6.45, 7) is 4.34. The van der Waals surface area contributed by atoms with Gasteiger partial charge in [0, 0.05) is 24.1 Å². The number of carbonyl (C=O) groups excluding carboxylic acids is 2. The Kier molecular flexibility index (Phi) is 6.00. The Morgan fingerprint density at radius 1 is 1.00 bits per heavy atom. The van der Waals surface area contributed by atoms with E-state index in [9.17, 15) is 9.59 Å². The van der Waals surface area contributed by atoms with Crippen LogP contribution in [0.2, 0.25) is 0 Å². The Hall–Kier alpha value is -1.84. The molecule has 142 valence electrons. The minimum absolute atomic E-state index is 0.198. The second-order valence-electron chi connectivity index (χ2n) is 8.40. The van der Waals surface area contributed by atoms with Crippen molar-refractivity contribution in [3.05, 3.63) is 35.4 Å². The Bertz CT molecular complexity index is 626. The minimum atomic E-state index is -0.202. The van der Waals surface area contributed by atoms with Crippen molar-refractivity contribution in [2.75, 3.05) is 0 Å². The maximum Gasteiger partial charge on any atom is 0.254 e. The van der Waals surface area contributed by atoms with Crippen LogP contribution in [-0.2, 0) is 4.79 Å². The van der Waals surface area contributed by atoms with Crippen LogP contribution in [0.4, 0.5) is 0 Å². The summed E-state index contributed by atoms with van der Waals surface area (Å²) >= 11 is 0. The summed E-state index contributed by atoms with van der Waals surface area (Å²) in [4.78, 5) is 26.3. The van der Waals surface area contributed by atoms with Gasteiger partial charge < -0.3 is 10.6 Å². The maximum absolute atomic E-state index is 13.2. The molecule has 0 heterocycles. The molecule has 4 nitrogen and oxygen atoms in total. The summed E-state index contributed by atoms with van der Waals surface area (Å²) in [5, 5.41) is 0. The lowest BCUT2D eigenvalue weighted by Crippen LogP contribution is -2.44. The third-order valence-electron chi connectivity index (χ3n) is 6.01. The summed E-state index contributed by atoms with van der Waals surface area (Å²) in [7, 11) is 0. The molecule has 0 unspecified atom stereocenters. The van der Waals surface area contributed by atoms with Crippen LogP contribution in [0.3, 0.4) is 0 Å². The van der Waals surface area contributed by atoms with Crippen molar-refractivity contribution in [1.82, 2.24) is 4.90 Å². The van der Waals surface area contributed by atoms with Crippen molar-refractivity contribution >= 4 is 11.8 Å². The standard InChI is InChI=1S/C22H32N2O2/c1-15(2)17-6-8-18(9-7-17)22(26)24(20-12-13-20)19-10-3-16(4-11-19)5-14-21(23)25/h6-9,15-16,19-20H,3-5,10-14H2,1-2H3,(H2,23,25)/t16-,19-. The zero-order valence-corrected chi connectivity index (χ0v) is 16.1. The van der Waals surface area contributed by atoms with E-state index in [0.717, 1.165) is 50.5 Å². The molecule has 0 aliphatic heterocycles. The first-order valence-corrected chi connectivity index (χ1v) is 10.2. The summed E-state index contributed by atoms with van der Waals surface area (Å²) < 4.78 is 0. The van der Waals surface area contributed by atoms with Crippen molar-refractivity contribution in [1.29, 1.82) is 0 Å². The molecule has 2 aliphatic carbocycles. The SMILES string of the molecule is CC(C)c1ccc(C(=O)N(C2CC2)[C@H]2CC[C@H](CCC(N)=O)CC2)cc1. The van der Waals surface area contributed by atoms with Gasteiger partial charge in [-0.3, -0.25) is 9.59 Å². The molecule has 4 heteroatoms. The largest absolute Gasteiger partial charge is 0.370 e. The van der Waals surface area contributed by atoms with Gasteiger partial charge in [-0.1, -0.05) is 26.0 Å². The van der Waals surface area contributed by atoms with E-state index in [1.54, 1.807) is 0 Å². The first-order chi connectivity index (χ1) is 12.5. The molecule has 0 radical (unpaired) electrons. The van der Waals surface area contributed by atoms with Gasteiger partial charge in [-0.25, -0.2) is 0 Å². The number of nitrogens with zero attached hydrogens (tertiary/aromatic N) is 1. The Labute approximate surface area is 157 Å². The average Bonchev–Trinajstić information content (AvgIpc) is 3.46. The van der Waals surface area contributed by atoms with Gasteiger partial charge in [0.1, 0.15) is 0 Å². The molecule has 0 aromatic heterocycles. The number of rotatable bonds is 7. The third kappa shape index (κ3) is 4.66. The molecule has 1 aromatic carbocycles. The molecule has 2 aliphatic rings. The van der Waals surface area contributed by atoms with Crippen molar-refractivity contribution < 1.29 is 9.59 Å². The van der Waals surface area contributed by atoms with E-state index in [0.29, 0.717) is 30.3 Å². The fraction of sp³-hybridized carbons (Fsp3) is 0.636. The predicted octanol–water partition coefficient (Wildman–Crippen LogP) is 4.24. The summed E-state index contributed by atoms with van der Waals surface area (Å²) in [6.07, 6.45) is 7.96. The smallest absolute Gasteiger partial charge is 0.254 e. The molecule has 1 aromatic rings. The highest BCUT2D eigenvalue weighted by Crippen LogP contribution is 2.37. The zero-order chi connectivity index (χ0) is 18.7. The van der Waals surface area contributed by atoms with Gasteiger partial charge in [-0.2, -0.15) is 0 Å². The highest BCUT2D eigenvalue weighted by Gasteiger charge is 2.39. The molecular weight excluding hydrogens is 324 g/mol. The normalized spacial score (nSPS) is 23.0. The average molecular weight is 357 g/mol. The quantitative estimate of drug-likeness (QED) is 0.794. The number of carbonyl (C=O) groups is 2. The molecule has 2 N–H and O–H groups in total.